The summed E-state index contributed by atoms with van der Waals surface area (Å²) in [5, 5.41) is 9.05. The standard InChI is InChI=1S/C12H11NO5/c1-18-6-9(12(16)17)13-10(14)7-4-2-3-5-8(7)11(13)15/h2-5,9H,6H2,1H3,(H,16,17)/t9-/m1/s1. The highest BCUT2D eigenvalue weighted by atomic mass is 16.5. The van der Waals surface area contributed by atoms with Crippen LogP contribution in [-0.4, -0.2) is 47.5 Å². The average molecular weight is 249 g/mol. The van der Waals surface area contributed by atoms with Crippen LogP contribution in [0.5, 0.6) is 0 Å². The lowest BCUT2D eigenvalue weighted by molar-refractivity contribution is -0.143. The summed E-state index contributed by atoms with van der Waals surface area (Å²) in [7, 11) is 1.31. The maximum Gasteiger partial charge on any atom is 0.329 e. The van der Waals surface area contributed by atoms with Gasteiger partial charge in [-0.05, 0) is 12.1 Å². The van der Waals surface area contributed by atoms with E-state index in [2.05, 4.69) is 0 Å². The quantitative estimate of drug-likeness (QED) is 0.780. The third-order valence-electron chi connectivity index (χ3n) is 2.75. The summed E-state index contributed by atoms with van der Waals surface area (Å²) in [6, 6.07) is 4.95. The van der Waals surface area contributed by atoms with Gasteiger partial charge in [-0.1, -0.05) is 12.1 Å². The molecule has 94 valence electrons. The van der Waals surface area contributed by atoms with E-state index >= 15 is 0 Å². The summed E-state index contributed by atoms with van der Waals surface area (Å²) in [6.45, 7) is -0.235. The second-order valence-electron chi connectivity index (χ2n) is 3.84. The van der Waals surface area contributed by atoms with Crippen molar-refractivity contribution in [3.05, 3.63) is 35.4 Å². The number of carbonyl (C=O) groups excluding carboxylic acids is 2. The van der Waals surface area contributed by atoms with Gasteiger partial charge in [0.05, 0.1) is 17.7 Å². The highest BCUT2D eigenvalue weighted by Crippen LogP contribution is 2.24. The summed E-state index contributed by atoms with van der Waals surface area (Å²) >= 11 is 0. The van der Waals surface area contributed by atoms with Crippen molar-refractivity contribution in [3.8, 4) is 0 Å². The third-order valence-corrected chi connectivity index (χ3v) is 2.75. The fraction of sp³-hybridized carbons (Fsp3) is 0.250. The molecule has 1 heterocycles. The predicted octanol–water partition coefficient (Wildman–Crippen LogP) is 0.382. The molecule has 1 N–H and O–H groups in total. The molecule has 0 bridgehead atoms. The van der Waals surface area contributed by atoms with Crippen molar-refractivity contribution >= 4 is 17.8 Å². The number of amides is 2. The first-order valence-electron chi connectivity index (χ1n) is 5.26. The molecule has 2 amide bonds. The van der Waals surface area contributed by atoms with Crippen LogP contribution in [0, 0.1) is 0 Å². The predicted molar refractivity (Wildman–Crippen MR) is 60.2 cm³/mol. The van der Waals surface area contributed by atoms with Gasteiger partial charge >= 0.3 is 5.97 Å². The van der Waals surface area contributed by atoms with Gasteiger partial charge in [-0.3, -0.25) is 14.5 Å². The average Bonchev–Trinajstić information content (AvgIpc) is 2.60. The molecule has 1 aliphatic rings. The Kier molecular flexibility index (Phi) is 3.12. The number of imide groups is 1. The fourth-order valence-corrected chi connectivity index (χ4v) is 1.91. The van der Waals surface area contributed by atoms with E-state index in [-0.39, 0.29) is 17.7 Å². The maximum atomic E-state index is 12.0. The molecule has 0 spiro atoms. The second kappa shape index (κ2) is 4.58. The fourth-order valence-electron chi connectivity index (χ4n) is 1.91. The third kappa shape index (κ3) is 1.76. The van der Waals surface area contributed by atoms with E-state index in [0.717, 1.165) is 4.90 Å². The zero-order valence-corrected chi connectivity index (χ0v) is 9.62. The van der Waals surface area contributed by atoms with Gasteiger partial charge in [-0.25, -0.2) is 4.79 Å². The largest absolute Gasteiger partial charge is 0.480 e. The number of ether oxygens (including phenoxy) is 1. The zero-order chi connectivity index (χ0) is 13.3. The highest BCUT2D eigenvalue weighted by molar-refractivity contribution is 6.22. The Hall–Kier alpha value is -2.21. The second-order valence-corrected chi connectivity index (χ2v) is 3.84. The molecule has 0 saturated carbocycles. The number of carboxylic acid groups (broad SMARTS) is 1. The molecule has 0 radical (unpaired) electrons. The van der Waals surface area contributed by atoms with Crippen LogP contribution in [0.15, 0.2) is 24.3 Å². The van der Waals surface area contributed by atoms with Crippen molar-refractivity contribution in [1.82, 2.24) is 4.90 Å². The highest BCUT2D eigenvalue weighted by Gasteiger charge is 2.42. The van der Waals surface area contributed by atoms with Crippen LogP contribution in [0.25, 0.3) is 0 Å². The van der Waals surface area contributed by atoms with Crippen LogP contribution in [0.3, 0.4) is 0 Å². The van der Waals surface area contributed by atoms with Gasteiger partial charge in [0.15, 0.2) is 6.04 Å². The monoisotopic (exact) mass is 249 g/mol. The molecule has 1 aliphatic heterocycles. The normalized spacial score (nSPS) is 15.7. The summed E-state index contributed by atoms with van der Waals surface area (Å²) in [5.74, 6) is -2.47. The molecular weight excluding hydrogens is 238 g/mol. The SMILES string of the molecule is COC[C@H](C(=O)O)N1C(=O)c2ccccc2C1=O. The number of hydrogen-bond acceptors (Lipinski definition) is 4. The lowest BCUT2D eigenvalue weighted by atomic mass is 10.1. The summed E-state index contributed by atoms with van der Waals surface area (Å²) in [6.07, 6.45) is 0. The molecule has 1 aromatic carbocycles. The van der Waals surface area contributed by atoms with Crippen molar-refractivity contribution < 1.29 is 24.2 Å². The van der Waals surface area contributed by atoms with Crippen LogP contribution >= 0.6 is 0 Å². The van der Waals surface area contributed by atoms with Gasteiger partial charge in [0, 0.05) is 7.11 Å². The van der Waals surface area contributed by atoms with Crippen molar-refractivity contribution in [3.63, 3.8) is 0 Å². The lowest BCUT2D eigenvalue weighted by Crippen LogP contribution is -2.47. The molecule has 6 heteroatoms. The molecule has 2 rings (SSSR count). The van der Waals surface area contributed by atoms with E-state index in [1.807, 2.05) is 0 Å². The van der Waals surface area contributed by atoms with E-state index in [1.54, 1.807) is 12.1 Å². The summed E-state index contributed by atoms with van der Waals surface area (Å²) in [5.41, 5.74) is 0.453. The van der Waals surface area contributed by atoms with Gasteiger partial charge < -0.3 is 9.84 Å². The molecular formula is C12H11NO5. The van der Waals surface area contributed by atoms with E-state index in [9.17, 15) is 14.4 Å². The number of rotatable bonds is 4. The minimum atomic E-state index is -1.30. The van der Waals surface area contributed by atoms with Crippen molar-refractivity contribution in [2.75, 3.05) is 13.7 Å². The van der Waals surface area contributed by atoms with Gasteiger partial charge in [-0.2, -0.15) is 0 Å². The number of carbonyl (C=O) groups is 3. The maximum absolute atomic E-state index is 12.0. The first-order chi connectivity index (χ1) is 8.57. The van der Waals surface area contributed by atoms with Gasteiger partial charge in [-0.15, -0.1) is 0 Å². The number of fused-ring (bicyclic) bond motifs is 1. The molecule has 0 aromatic heterocycles. The number of hydrogen-bond donors (Lipinski definition) is 1. The van der Waals surface area contributed by atoms with E-state index < -0.39 is 23.8 Å². The van der Waals surface area contributed by atoms with Gasteiger partial charge in [0.25, 0.3) is 11.8 Å². The molecule has 0 fully saturated rings. The van der Waals surface area contributed by atoms with Crippen LogP contribution in [-0.2, 0) is 9.53 Å². The number of aliphatic carboxylic acids is 1. The van der Waals surface area contributed by atoms with Crippen molar-refractivity contribution in [1.29, 1.82) is 0 Å². The van der Waals surface area contributed by atoms with Crippen LogP contribution in [0.2, 0.25) is 0 Å². The Balaban J connectivity index is 2.41. The van der Waals surface area contributed by atoms with E-state index in [0.29, 0.717) is 0 Å². The first-order valence-corrected chi connectivity index (χ1v) is 5.26. The topological polar surface area (TPSA) is 83.9 Å². The smallest absolute Gasteiger partial charge is 0.329 e. The Morgan fingerprint density at radius 1 is 1.28 bits per heavy atom. The Morgan fingerprint density at radius 2 is 1.78 bits per heavy atom. The van der Waals surface area contributed by atoms with Crippen molar-refractivity contribution in [2.24, 2.45) is 0 Å². The van der Waals surface area contributed by atoms with Gasteiger partial charge in [0.1, 0.15) is 0 Å². The molecule has 6 nitrogen and oxygen atoms in total. The van der Waals surface area contributed by atoms with Crippen LogP contribution < -0.4 is 0 Å². The molecule has 1 atom stereocenters. The molecule has 18 heavy (non-hydrogen) atoms. The first kappa shape index (κ1) is 12.3. The van der Waals surface area contributed by atoms with Crippen LogP contribution in [0.4, 0.5) is 0 Å². The molecule has 0 aliphatic carbocycles. The minimum absolute atomic E-state index is 0.227. The van der Waals surface area contributed by atoms with E-state index in [4.69, 9.17) is 9.84 Å². The molecule has 0 unspecified atom stereocenters. The minimum Gasteiger partial charge on any atom is -0.480 e. The summed E-state index contributed by atoms with van der Waals surface area (Å²) < 4.78 is 4.75. The van der Waals surface area contributed by atoms with Crippen LogP contribution in [0.1, 0.15) is 20.7 Å². The number of methoxy groups -OCH3 is 1. The zero-order valence-electron chi connectivity index (χ0n) is 9.62. The Bertz CT molecular complexity index is 490. The Morgan fingerprint density at radius 3 is 2.17 bits per heavy atom. The molecule has 0 saturated heterocycles. The van der Waals surface area contributed by atoms with Crippen molar-refractivity contribution in [2.45, 2.75) is 6.04 Å². The Labute approximate surface area is 103 Å². The number of benzene rings is 1. The number of carboxylic acids is 1. The van der Waals surface area contributed by atoms with E-state index in [1.165, 1.54) is 19.2 Å². The molecule has 1 aromatic rings. The van der Waals surface area contributed by atoms with Gasteiger partial charge in [0.2, 0.25) is 0 Å². The number of nitrogens with zero attached hydrogens (tertiary/aromatic N) is 1. The lowest BCUT2D eigenvalue weighted by Gasteiger charge is -2.21. The summed E-state index contributed by atoms with van der Waals surface area (Å²) in [4.78, 5) is 35.9.